The summed E-state index contributed by atoms with van der Waals surface area (Å²) in [6, 6.07) is 3.43. The summed E-state index contributed by atoms with van der Waals surface area (Å²) in [4.78, 5) is 27.6. The third kappa shape index (κ3) is 7.22. The van der Waals surface area contributed by atoms with Gasteiger partial charge in [-0.05, 0) is 25.0 Å². The average Bonchev–Trinajstić information content (AvgIpc) is 2.42. The second-order valence-corrected chi connectivity index (χ2v) is 5.77. The highest BCUT2D eigenvalue weighted by Crippen LogP contribution is 2.19. The molecule has 0 aliphatic rings. The van der Waals surface area contributed by atoms with Gasteiger partial charge < -0.3 is 10.6 Å². The number of rotatable bonds is 8. The molecule has 6 heteroatoms. The summed E-state index contributed by atoms with van der Waals surface area (Å²) in [7, 11) is 0. The number of pyridine rings is 1. The van der Waals surface area contributed by atoms with Gasteiger partial charge in [0.2, 0.25) is 11.8 Å². The van der Waals surface area contributed by atoms with Gasteiger partial charge in [-0.15, -0.1) is 0 Å². The molecule has 0 saturated heterocycles. The normalized spacial score (nSPS) is 10.2. The zero-order chi connectivity index (χ0) is 15.7. The lowest BCUT2D eigenvalue weighted by atomic mass is 10.2. The van der Waals surface area contributed by atoms with Crippen molar-refractivity contribution in [1.29, 1.82) is 0 Å². The van der Waals surface area contributed by atoms with E-state index in [1.807, 2.05) is 13.8 Å². The summed E-state index contributed by atoms with van der Waals surface area (Å²) in [5.74, 6) is 0.754. The van der Waals surface area contributed by atoms with Gasteiger partial charge in [0.25, 0.3) is 0 Å². The molecule has 0 atom stereocenters. The van der Waals surface area contributed by atoms with Crippen molar-refractivity contribution in [2.24, 2.45) is 0 Å². The number of halogens is 1. The smallest absolute Gasteiger partial charge is 0.225 e. The third-order valence-electron chi connectivity index (χ3n) is 2.84. The van der Waals surface area contributed by atoms with Crippen molar-refractivity contribution in [3.05, 3.63) is 16.6 Å². The maximum absolute atomic E-state index is 11.7. The van der Waals surface area contributed by atoms with Crippen molar-refractivity contribution in [2.45, 2.75) is 52.4 Å². The first-order valence-electron chi connectivity index (χ1n) is 7.32. The van der Waals surface area contributed by atoms with Crippen molar-refractivity contribution in [2.75, 3.05) is 10.6 Å². The third-order valence-corrected chi connectivity index (χ3v) is 3.30. The molecular weight excluding hydrogens is 334 g/mol. The maximum atomic E-state index is 11.7. The van der Waals surface area contributed by atoms with Crippen molar-refractivity contribution < 1.29 is 9.59 Å². The lowest BCUT2D eigenvalue weighted by Crippen LogP contribution is -2.15. The highest BCUT2D eigenvalue weighted by Gasteiger charge is 2.08. The van der Waals surface area contributed by atoms with E-state index in [-0.39, 0.29) is 11.8 Å². The van der Waals surface area contributed by atoms with Gasteiger partial charge in [-0.25, -0.2) is 4.98 Å². The number of anilines is 2. The van der Waals surface area contributed by atoms with Crippen LogP contribution in [0.2, 0.25) is 0 Å². The summed E-state index contributed by atoms with van der Waals surface area (Å²) in [6.45, 7) is 4.07. The van der Waals surface area contributed by atoms with Crippen LogP contribution in [-0.4, -0.2) is 16.8 Å². The number of carbonyl (C=O) groups excluding carboxylic acids is 2. The fourth-order valence-electron chi connectivity index (χ4n) is 1.71. The molecule has 0 unspecified atom stereocenters. The molecular formula is C15H22BrN3O2. The molecule has 0 radical (unpaired) electrons. The fraction of sp³-hybridized carbons (Fsp3) is 0.533. The van der Waals surface area contributed by atoms with Crippen molar-refractivity contribution >= 4 is 39.4 Å². The van der Waals surface area contributed by atoms with E-state index in [1.165, 1.54) is 0 Å². The Balaban J connectivity index is 2.66. The Kier molecular flexibility index (Phi) is 7.97. The quantitative estimate of drug-likeness (QED) is 0.737. The first kappa shape index (κ1) is 17.6. The first-order chi connectivity index (χ1) is 10.0. The zero-order valence-corrected chi connectivity index (χ0v) is 14.1. The molecule has 2 N–H and O–H groups in total. The summed E-state index contributed by atoms with van der Waals surface area (Å²) < 4.78 is 0.758. The Morgan fingerprint density at radius 3 is 1.81 bits per heavy atom. The number of nitrogens with zero attached hydrogens (tertiary/aromatic N) is 1. The van der Waals surface area contributed by atoms with Crippen LogP contribution in [0.4, 0.5) is 11.6 Å². The van der Waals surface area contributed by atoms with Crippen LogP contribution in [0.1, 0.15) is 52.4 Å². The van der Waals surface area contributed by atoms with Crippen LogP contribution in [0.5, 0.6) is 0 Å². The number of aromatic nitrogens is 1. The molecule has 0 spiro atoms. The van der Waals surface area contributed by atoms with Crippen molar-refractivity contribution in [3.8, 4) is 0 Å². The van der Waals surface area contributed by atoms with Crippen LogP contribution in [0.25, 0.3) is 0 Å². The van der Waals surface area contributed by atoms with Gasteiger partial charge >= 0.3 is 0 Å². The van der Waals surface area contributed by atoms with Crippen LogP contribution in [0.15, 0.2) is 16.6 Å². The number of amides is 2. The zero-order valence-electron chi connectivity index (χ0n) is 12.5. The van der Waals surface area contributed by atoms with Gasteiger partial charge in [0.05, 0.1) is 0 Å². The molecule has 21 heavy (non-hydrogen) atoms. The SMILES string of the molecule is CCCCC(=O)Nc1cc(Br)cc(NC(=O)CCCC)n1. The largest absolute Gasteiger partial charge is 0.311 e. The van der Waals surface area contributed by atoms with E-state index in [9.17, 15) is 9.59 Å². The number of carbonyl (C=O) groups is 2. The Hall–Kier alpha value is -1.43. The number of hydrogen-bond acceptors (Lipinski definition) is 3. The Morgan fingerprint density at radius 2 is 1.43 bits per heavy atom. The summed E-state index contributed by atoms with van der Waals surface area (Å²) in [6.07, 6.45) is 4.59. The lowest BCUT2D eigenvalue weighted by Gasteiger charge is -2.09. The Morgan fingerprint density at radius 1 is 1.00 bits per heavy atom. The van der Waals surface area contributed by atoms with Crippen LogP contribution < -0.4 is 10.6 Å². The maximum Gasteiger partial charge on any atom is 0.225 e. The highest BCUT2D eigenvalue weighted by molar-refractivity contribution is 9.10. The van der Waals surface area contributed by atoms with E-state index >= 15 is 0 Å². The number of hydrogen-bond donors (Lipinski definition) is 2. The molecule has 5 nitrogen and oxygen atoms in total. The number of unbranched alkanes of at least 4 members (excludes halogenated alkanes) is 2. The molecule has 0 aliphatic carbocycles. The molecule has 0 fully saturated rings. The summed E-state index contributed by atoms with van der Waals surface area (Å²) in [5.41, 5.74) is 0. The van der Waals surface area contributed by atoms with Crippen LogP contribution in [0.3, 0.4) is 0 Å². The summed E-state index contributed by atoms with van der Waals surface area (Å²) in [5, 5.41) is 5.49. The average molecular weight is 356 g/mol. The molecule has 0 aromatic carbocycles. The highest BCUT2D eigenvalue weighted by atomic mass is 79.9. The Labute approximate surface area is 134 Å². The van der Waals surface area contributed by atoms with Gasteiger partial charge in [-0.3, -0.25) is 9.59 Å². The second kappa shape index (κ2) is 9.50. The van der Waals surface area contributed by atoms with Crippen molar-refractivity contribution in [1.82, 2.24) is 4.98 Å². The van der Waals surface area contributed by atoms with Crippen molar-refractivity contribution in [3.63, 3.8) is 0 Å². The molecule has 1 heterocycles. The monoisotopic (exact) mass is 355 g/mol. The fourth-order valence-corrected chi connectivity index (χ4v) is 2.14. The van der Waals surface area contributed by atoms with Crippen LogP contribution in [0, 0.1) is 0 Å². The minimum atomic E-state index is -0.0642. The molecule has 0 aliphatic heterocycles. The minimum absolute atomic E-state index is 0.0642. The predicted octanol–water partition coefficient (Wildman–Crippen LogP) is 4.10. The van der Waals surface area contributed by atoms with Gasteiger partial charge in [-0.2, -0.15) is 0 Å². The molecule has 2 amide bonds. The molecule has 1 aromatic heterocycles. The van der Waals surface area contributed by atoms with Crippen LogP contribution in [-0.2, 0) is 9.59 Å². The standard InChI is InChI=1S/C15H22BrN3O2/c1-3-5-7-14(20)18-12-9-11(16)10-13(17-12)19-15(21)8-6-4-2/h9-10H,3-8H2,1-2H3,(H2,17,18,19,20,21). The molecule has 1 aromatic rings. The minimum Gasteiger partial charge on any atom is -0.311 e. The van der Waals surface area contributed by atoms with Gasteiger partial charge in [0, 0.05) is 17.3 Å². The van der Waals surface area contributed by atoms with E-state index in [0.29, 0.717) is 24.5 Å². The van der Waals surface area contributed by atoms with E-state index < -0.39 is 0 Å². The molecule has 116 valence electrons. The first-order valence-corrected chi connectivity index (χ1v) is 8.11. The van der Waals surface area contributed by atoms with Gasteiger partial charge in [-0.1, -0.05) is 42.6 Å². The predicted molar refractivity (Wildman–Crippen MR) is 88.2 cm³/mol. The topological polar surface area (TPSA) is 71.1 Å². The Bertz CT molecular complexity index is 452. The number of nitrogens with one attached hydrogen (secondary N) is 2. The van der Waals surface area contributed by atoms with Crippen LogP contribution >= 0.6 is 15.9 Å². The van der Waals surface area contributed by atoms with E-state index in [0.717, 1.165) is 30.2 Å². The van der Waals surface area contributed by atoms with E-state index in [2.05, 4.69) is 31.5 Å². The summed E-state index contributed by atoms with van der Waals surface area (Å²) >= 11 is 3.36. The second-order valence-electron chi connectivity index (χ2n) is 4.86. The molecule has 1 rings (SSSR count). The molecule has 0 bridgehead atoms. The van der Waals surface area contributed by atoms with E-state index in [1.54, 1.807) is 12.1 Å². The molecule has 0 saturated carbocycles. The lowest BCUT2D eigenvalue weighted by molar-refractivity contribution is -0.117. The van der Waals surface area contributed by atoms with E-state index in [4.69, 9.17) is 0 Å². The van der Waals surface area contributed by atoms with Gasteiger partial charge in [0.15, 0.2) is 0 Å². The van der Waals surface area contributed by atoms with Gasteiger partial charge in [0.1, 0.15) is 11.6 Å².